The van der Waals surface area contributed by atoms with E-state index in [0.29, 0.717) is 32.5 Å². The highest BCUT2D eigenvalue weighted by atomic mass is 79.9. The summed E-state index contributed by atoms with van der Waals surface area (Å²) in [5.41, 5.74) is -0.771. The average Bonchev–Trinajstić information content (AvgIpc) is 2.57. The van der Waals surface area contributed by atoms with Gasteiger partial charge in [-0.2, -0.15) is 0 Å². The smallest absolute Gasteiger partial charge is 0.410 e. The molecule has 1 amide bonds. The minimum atomic E-state index is -0.830. The highest BCUT2D eigenvalue weighted by Gasteiger charge is 2.46. The number of aliphatic hydroxyl groups is 1. The van der Waals surface area contributed by atoms with Crippen LogP contribution in [-0.2, 0) is 15.1 Å². The van der Waals surface area contributed by atoms with E-state index in [4.69, 9.17) is 9.47 Å². The summed E-state index contributed by atoms with van der Waals surface area (Å²) in [6.45, 7) is 7.21. The lowest BCUT2D eigenvalue weighted by atomic mass is 9.72. The van der Waals surface area contributed by atoms with Crippen LogP contribution in [0, 0.1) is 0 Å². The second kappa shape index (κ2) is 7.13. The number of carbonyl (C=O) groups excluding carboxylic acids is 1. The van der Waals surface area contributed by atoms with Gasteiger partial charge in [0.25, 0.3) is 0 Å². The maximum atomic E-state index is 12.4. The number of halogens is 1. The Labute approximate surface area is 163 Å². The van der Waals surface area contributed by atoms with Crippen LogP contribution in [0.3, 0.4) is 0 Å². The zero-order valence-corrected chi connectivity index (χ0v) is 17.3. The fourth-order valence-corrected chi connectivity index (χ4v) is 4.06. The van der Waals surface area contributed by atoms with Crippen LogP contribution in [0.2, 0.25) is 0 Å². The third-order valence-corrected chi connectivity index (χ3v) is 5.80. The highest BCUT2D eigenvalue weighted by molar-refractivity contribution is 9.10. The molecule has 0 radical (unpaired) electrons. The van der Waals surface area contributed by atoms with Crippen molar-refractivity contribution >= 4 is 22.0 Å². The van der Waals surface area contributed by atoms with E-state index < -0.39 is 11.2 Å². The van der Waals surface area contributed by atoms with Crippen LogP contribution in [0.4, 0.5) is 4.79 Å². The van der Waals surface area contributed by atoms with Crippen LogP contribution in [0.5, 0.6) is 0 Å². The van der Waals surface area contributed by atoms with Crippen molar-refractivity contribution in [3.8, 4) is 0 Å². The average molecular weight is 426 g/mol. The molecule has 144 valence electrons. The van der Waals surface area contributed by atoms with Crippen LogP contribution in [-0.4, -0.2) is 47.0 Å². The van der Waals surface area contributed by atoms with Crippen molar-refractivity contribution in [2.75, 3.05) is 19.7 Å². The largest absolute Gasteiger partial charge is 0.444 e. The lowest BCUT2D eigenvalue weighted by molar-refractivity contribution is -0.155. The summed E-state index contributed by atoms with van der Waals surface area (Å²) < 4.78 is 12.6. The van der Waals surface area contributed by atoms with Crippen molar-refractivity contribution in [3.05, 3.63) is 34.3 Å². The van der Waals surface area contributed by atoms with Gasteiger partial charge in [0.1, 0.15) is 5.60 Å². The second-order valence-corrected chi connectivity index (χ2v) is 9.39. The SMILES string of the molecule is CC(C)(C)OC(=O)N1CCOC2(CCC(O)(c3ccc(Br)cc3)CC2)C1. The Kier molecular flexibility index (Phi) is 5.39. The van der Waals surface area contributed by atoms with Gasteiger partial charge < -0.3 is 19.5 Å². The maximum absolute atomic E-state index is 12.4. The Morgan fingerprint density at radius 2 is 1.81 bits per heavy atom. The first-order valence-electron chi connectivity index (χ1n) is 9.21. The van der Waals surface area contributed by atoms with Crippen molar-refractivity contribution in [1.29, 1.82) is 0 Å². The Balaban J connectivity index is 1.65. The van der Waals surface area contributed by atoms with Gasteiger partial charge in [-0.05, 0) is 64.2 Å². The van der Waals surface area contributed by atoms with E-state index in [1.807, 2.05) is 45.0 Å². The minimum Gasteiger partial charge on any atom is -0.444 e. The molecule has 0 bridgehead atoms. The predicted octanol–water partition coefficient (Wildman–Crippen LogP) is 4.22. The summed E-state index contributed by atoms with van der Waals surface area (Å²) in [6, 6.07) is 7.85. The van der Waals surface area contributed by atoms with Gasteiger partial charge in [0, 0.05) is 11.0 Å². The summed E-state index contributed by atoms with van der Waals surface area (Å²) in [4.78, 5) is 14.2. The van der Waals surface area contributed by atoms with E-state index in [1.165, 1.54) is 0 Å². The molecule has 1 heterocycles. The first-order chi connectivity index (χ1) is 12.1. The van der Waals surface area contributed by atoms with Gasteiger partial charge in [0.05, 0.1) is 24.4 Å². The van der Waals surface area contributed by atoms with E-state index in [0.717, 1.165) is 22.9 Å². The number of amides is 1. The molecular weight excluding hydrogens is 398 g/mol. The number of rotatable bonds is 1. The monoisotopic (exact) mass is 425 g/mol. The third-order valence-electron chi connectivity index (χ3n) is 5.27. The zero-order chi connectivity index (χ0) is 19.0. The molecule has 3 rings (SSSR count). The first kappa shape index (κ1) is 19.6. The number of benzene rings is 1. The van der Waals surface area contributed by atoms with Crippen molar-refractivity contribution in [2.24, 2.45) is 0 Å². The normalized spacial score (nSPS) is 29.7. The molecule has 5 nitrogen and oxygen atoms in total. The fourth-order valence-electron chi connectivity index (χ4n) is 3.80. The van der Waals surface area contributed by atoms with E-state index >= 15 is 0 Å². The summed E-state index contributed by atoms with van der Waals surface area (Å²) in [5.74, 6) is 0. The molecule has 0 atom stereocenters. The van der Waals surface area contributed by atoms with Crippen molar-refractivity contribution in [2.45, 2.75) is 63.3 Å². The van der Waals surface area contributed by atoms with E-state index in [-0.39, 0.29) is 11.7 Å². The van der Waals surface area contributed by atoms with Crippen molar-refractivity contribution < 1.29 is 19.4 Å². The van der Waals surface area contributed by atoms with Crippen LogP contribution in [0.15, 0.2) is 28.7 Å². The first-order valence-corrected chi connectivity index (χ1v) is 10.0. The zero-order valence-electron chi connectivity index (χ0n) is 15.8. The quantitative estimate of drug-likeness (QED) is 0.731. The molecule has 1 spiro atoms. The van der Waals surface area contributed by atoms with Crippen molar-refractivity contribution in [1.82, 2.24) is 4.90 Å². The Bertz CT molecular complexity index is 645. The van der Waals surface area contributed by atoms with Gasteiger partial charge >= 0.3 is 6.09 Å². The second-order valence-electron chi connectivity index (χ2n) is 8.47. The molecule has 2 fully saturated rings. The lowest BCUT2D eigenvalue weighted by Gasteiger charge is -2.48. The minimum absolute atomic E-state index is 0.283. The fraction of sp³-hybridized carbons (Fsp3) is 0.650. The Morgan fingerprint density at radius 3 is 2.38 bits per heavy atom. The number of hydrogen-bond donors (Lipinski definition) is 1. The summed E-state index contributed by atoms with van der Waals surface area (Å²) in [5, 5.41) is 11.1. The molecular formula is C20H28BrNO4. The van der Waals surface area contributed by atoms with Gasteiger partial charge in [-0.25, -0.2) is 4.79 Å². The molecule has 1 aliphatic carbocycles. The summed E-state index contributed by atoms with van der Waals surface area (Å²) in [7, 11) is 0. The van der Waals surface area contributed by atoms with Gasteiger partial charge in [-0.15, -0.1) is 0 Å². The molecule has 1 saturated carbocycles. The van der Waals surface area contributed by atoms with Gasteiger partial charge in [0.2, 0.25) is 0 Å². The van der Waals surface area contributed by atoms with Crippen LogP contribution in [0.25, 0.3) is 0 Å². The van der Waals surface area contributed by atoms with Gasteiger partial charge in [0.15, 0.2) is 0 Å². The van der Waals surface area contributed by atoms with Crippen LogP contribution in [0.1, 0.15) is 52.0 Å². The maximum Gasteiger partial charge on any atom is 0.410 e. The third kappa shape index (κ3) is 4.41. The number of hydrogen-bond acceptors (Lipinski definition) is 4. The molecule has 1 N–H and O–H groups in total. The standard InChI is InChI=1S/C20H28BrNO4/c1-18(2,3)26-17(23)22-12-13-25-19(14-22)8-10-20(24,11-9-19)15-4-6-16(21)7-5-15/h4-7,24H,8-14H2,1-3H3. The van der Waals surface area contributed by atoms with E-state index in [1.54, 1.807) is 4.90 Å². The molecule has 0 aromatic heterocycles. The highest BCUT2D eigenvalue weighted by Crippen LogP contribution is 2.44. The number of nitrogens with zero attached hydrogens (tertiary/aromatic N) is 1. The van der Waals surface area contributed by atoms with Crippen LogP contribution < -0.4 is 0 Å². The molecule has 6 heteroatoms. The number of morpholine rings is 1. The molecule has 1 aliphatic heterocycles. The summed E-state index contributed by atoms with van der Waals surface area (Å²) >= 11 is 3.43. The molecule has 2 aliphatic rings. The number of ether oxygens (including phenoxy) is 2. The Hall–Kier alpha value is -1.11. The molecule has 1 aromatic carbocycles. The summed E-state index contributed by atoms with van der Waals surface area (Å²) in [6.07, 6.45) is 2.40. The Morgan fingerprint density at radius 1 is 1.19 bits per heavy atom. The number of carbonyl (C=O) groups is 1. The molecule has 1 aromatic rings. The predicted molar refractivity (Wildman–Crippen MR) is 103 cm³/mol. The topological polar surface area (TPSA) is 59.0 Å². The molecule has 0 unspecified atom stereocenters. The lowest BCUT2D eigenvalue weighted by Crippen LogP contribution is -2.57. The molecule has 1 saturated heterocycles. The van der Waals surface area contributed by atoms with Crippen molar-refractivity contribution in [3.63, 3.8) is 0 Å². The van der Waals surface area contributed by atoms with Crippen LogP contribution >= 0.6 is 15.9 Å². The van der Waals surface area contributed by atoms with E-state index in [2.05, 4.69) is 15.9 Å². The van der Waals surface area contributed by atoms with Gasteiger partial charge in [-0.1, -0.05) is 28.1 Å². The molecule has 26 heavy (non-hydrogen) atoms. The van der Waals surface area contributed by atoms with E-state index in [9.17, 15) is 9.90 Å². The van der Waals surface area contributed by atoms with Gasteiger partial charge in [-0.3, -0.25) is 0 Å².